The molecule has 0 radical (unpaired) electrons. The Morgan fingerprint density at radius 1 is 1.58 bits per heavy atom. The van der Waals surface area contributed by atoms with Gasteiger partial charge >= 0.3 is 0 Å². The normalized spacial score (nSPS) is 29.4. The predicted molar refractivity (Wildman–Crippen MR) is 73.6 cm³/mol. The van der Waals surface area contributed by atoms with Crippen molar-refractivity contribution in [3.05, 3.63) is 0 Å². The van der Waals surface area contributed by atoms with Gasteiger partial charge in [-0.1, -0.05) is 6.92 Å². The molecular weight excluding hydrogens is 242 g/mol. The minimum absolute atomic E-state index is 0.0218. The van der Waals surface area contributed by atoms with Crippen LogP contribution in [-0.4, -0.2) is 48.4 Å². The Bertz CT molecular complexity index is 346. The van der Waals surface area contributed by atoms with Gasteiger partial charge in [-0.3, -0.25) is 9.59 Å². The number of hydrogen-bond donors (Lipinski definition) is 2. The summed E-state index contributed by atoms with van der Waals surface area (Å²) >= 11 is 0. The summed E-state index contributed by atoms with van der Waals surface area (Å²) in [5, 5.41) is 6.29. The molecule has 2 aliphatic rings. The maximum atomic E-state index is 12.1. The Balaban J connectivity index is 1.76. The van der Waals surface area contributed by atoms with Gasteiger partial charge in [0.2, 0.25) is 11.8 Å². The minimum Gasteiger partial charge on any atom is -0.351 e. The first-order valence-electron chi connectivity index (χ1n) is 7.38. The van der Waals surface area contributed by atoms with Gasteiger partial charge in [0.25, 0.3) is 0 Å². The second-order valence-electron chi connectivity index (χ2n) is 5.99. The van der Waals surface area contributed by atoms with E-state index in [-0.39, 0.29) is 23.9 Å². The fraction of sp³-hybridized carbons (Fsp3) is 0.857. The van der Waals surface area contributed by atoms with Gasteiger partial charge < -0.3 is 15.5 Å². The second-order valence-corrected chi connectivity index (χ2v) is 5.99. The van der Waals surface area contributed by atoms with Crippen LogP contribution in [0, 0.1) is 5.92 Å². The number of likely N-dealkylation sites (tertiary alicyclic amines) is 1. The van der Waals surface area contributed by atoms with Crippen LogP contribution < -0.4 is 10.6 Å². The van der Waals surface area contributed by atoms with E-state index in [2.05, 4.69) is 17.6 Å². The number of carbonyl (C=O) groups excluding carboxylic acids is 2. The van der Waals surface area contributed by atoms with Crippen molar-refractivity contribution in [3.8, 4) is 0 Å². The molecule has 0 aromatic heterocycles. The van der Waals surface area contributed by atoms with E-state index in [0.717, 1.165) is 32.4 Å². The molecule has 0 aromatic rings. The highest BCUT2D eigenvalue weighted by Crippen LogP contribution is 2.15. The number of rotatable bonds is 4. The third-order valence-electron chi connectivity index (χ3n) is 4.04. The highest BCUT2D eigenvalue weighted by atomic mass is 16.2. The van der Waals surface area contributed by atoms with Crippen LogP contribution >= 0.6 is 0 Å². The Hall–Kier alpha value is -1.10. The molecule has 2 amide bonds. The van der Waals surface area contributed by atoms with E-state index in [9.17, 15) is 9.59 Å². The van der Waals surface area contributed by atoms with Gasteiger partial charge in [0, 0.05) is 25.6 Å². The molecule has 2 N–H and O–H groups in total. The quantitative estimate of drug-likeness (QED) is 0.780. The lowest BCUT2D eigenvalue weighted by Gasteiger charge is -2.29. The maximum Gasteiger partial charge on any atom is 0.237 e. The Morgan fingerprint density at radius 3 is 3.00 bits per heavy atom. The Kier molecular flexibility index (Phi) is 4.80. The van der Waals surface area contributed by atoms with Crippen LogP contribution in [0.4, 0.5) is 0 Å². The smallest absolute Gasteiger partial charge is 0.237 e. The number of amides is 2. The van der Waals surface area contributed by atoms with Crippen LogP contribution in [0.25, 0.3) is 0 Å². The van der Waals surface area contributed by atoms with Crippen LogP contribution in [0.15, 0.2) is 0 Å². The highest BCUT2D eigenvalue weighted by Gasteiger charge is 2.27. The first-order valence-corrected chi connectivity index (χ1v) is 7.38. The van der Waals surface area contributed by atoms with E-state index < -0.39 is 0 Å². The molecule has 2 rings (SSSR count). The van der Waals surface area contributed by atoms with Crippen molar-refractivity contribution in [2.45, 2.75) is 51.6 Å². The van der Waals surface area contributed by atoms with Gasteiger partial charge in [0.05, 0.1) is 6.04 Å². The molecule has 0 aliphatic carbocycles. The van der Waals surface area contributed by atoms with Gasteiger partial charge in [-0.15, -0.1) is 0 Å². The lowest BCUT2D eigenvalue weighted by molar-refractivity contribution is -0.129. The van der Waals surface area contributed by atoms with E-state index in [1.165, 1.54) is 0 Å². The molecular formula is C14H25N3O2. The van der Waals surface area contributed by atoms with Crippen LogP contribution in [0.5, 0.6) is 0 Å². The summed E-state index contributed by atoms with van der Waals surface area (Å²) in [4.78, 5) is 25.5. The van der Waals surface area contributed by atoms with Crippen molar-refractivity contribution in [1.29, 1.82) is 0 Å². The minimum atomic E-state index is -0.0690. The summed E-state index contributed by atoms with van der Waals surface area (Å²) in [6, 6.07) is -0.0472. The maximum absolute atomic E-state index is 12.1. The molecule has 0 bridgehead atoms. The SMILES string of the molecule is CC1CCNC(C(=O)NC(C)CN2CCCC2=O)C1. The van der Waals surface area contributed by atoms with Gasteiger partial charge in [-0.05, 0) is 38.6 Å². The third-order valence-corrected chi connectivity index (χ3v) is 4.04. The molecule has 5 heteroatoms. The zero-order valence-electron chi connectivity index (χ0n) is 11.9. The molecule has 2 saturated heterocycles. The highest BCUT2D eigenvalue weighted by molar-refractivity contribution is 5.82. The molecule has 3 unspecified atom stereocenters. The largest absolute Gasteiger partial charge is 0.351 e. The summed E-state index contributed by atoms with van der Waals surface area (Å²) in [6.07, 6.45) is 3.65. The summed E-state index contributed by atoms with van der Waals surface area (Å²) in [6.45, 7) is 6.53. The lowest BCUT2D eigenvalue weighted by Crippen LogP contribution is -2.52. The number of nitrogens with one attached hydrogen (secondary N) is 2. The van der Waals surface area contributed by atoms with E-state index in [0.29, 0.717) is 18.9 Å². The van der Waals surface area contributed by atoms with E-state index in [1.54, 1.807) is 0 Å². The number of nitrogens with zero attached hydrogens (tertiary/aromatic N) is 1. The predicted octanol–water partition coefficient (Wildman–Crippen LogP) is 0.502. The first-order chi connectivity index (χ1) is 9.06. The molecule has 0 saturated carbocycles. The molecule has 5 nitrogen and oxygen atoms in total. The summed E-state index contributed by atoms with van der Waals surface area (Å²) < 4.78 is 0. The van der Waals surface area contributed by atoms with Gasteiger partial charge in [-0.25, -0.2) is 0 Å². The molecule has 3 atom stereocenters. The fourth-order valence-corrected chi connectivity index (χ4v) is 2.92. The van der Waals surface area contributed by atoms with Crippen LogP contribution in [-0.2, 0) is 9.59 Å². The molecule has 2 fully saturated rings. The topological polar surface area (TPSA) is 61.4 Å². The fourth-order valence-electron chi connectivity index (χ4n) is 2.92. The Morgan fingerprint density at radius 2 is 2.37 bits per heavy atom. The van der Waals surface area contributed by atoms with Crippen LogP contribution in [0.3, 0.4) is 0 Å². The monoisotopic (exact) mass is 267 g/mol. The number of hydrogen-bond acceptors (Lipinski definition) is 3. The molecule has 0 aromatic carbocycles. The molecule has 108 valence electrons. The van der Waals surface area contributed by atoms with E-state index >= 15 is 0 Å². The van der Waals surface area contributed by atoms with Crippen molar-refractivity contribution in [2.24, 2.45) is 5.92 Å². The Labute approximate surface area is 115 Å². The summed E-state index contributed by atoms with van der Waals surface area (Å²) in [5.41, 5.74) is 0. The van der Waals surface area contributed by atoms with Crippen LogP contribution in [0.2, 0.25) is 0 Å². The van der Waals surface area contributed by atoms with E-state index in [4.69, 9.17) is 0 Å². The number of piperidine rings is 1. The molecule has 0 spiro atoms. The van der Waals surface area contributed by atoms with Crippen LogP contribution in [0.1, 0.15) is 39.5 Å². The number of carbonyl (C=O) groups is 2. The van der Waals surface area contributed by atoms with Crippen molar-refractivity contribution >= 4 is 11.8 Å². The lowest BCUT2D eigenvalue weighted by atomic mass is 9.94. The summed E-state index contributed by atoms with van der Waals surface area (Å²) in [7, 11) is 0. The van der Waals surface area contributed by atoms with E-state index in [1.807, 2.05) is 11.8 Å². The average molecular weight is 267 g/mol. The zero-order chi connectivity index (χ0) is 13.8. The van der Waals surface area contributed by atoms with Crippen molar-refractivity contribution < 1.29 is 9.59 Å². The third kappa shape index (κ3) is 3.93. The summed E-state index contributed by atoms with van der Waals surface area (Å²) in [5.74, 6) is 0.892. The van der Waals surface area contributed by atoms with Gasteiger partial charge in [-0.2, -0.15) is 0 Å². The average Bonchev–Trinajstić information content (AvgIpc) is 2.75. The second kappa shape index (κ2) is 6.37. The van der Waals surface area contributed by atoms with Crippen molar-refractivity contribution in [3.63, 3.8) is 0 Å². The molecule has 2 heterocycles. The zero-order valence-corrected chi connectivity index (χ0v) is 11.9. The van der Waals surface area contributed by atoms with Crippen molar-refractivity contribution in [2.75, 3.05) is 19.6 Å². The molecule has 19 heavy (non-hydrogen) atoms. The van der Waals surface area contributed by atoms with Gasteiger partial charge in [0.15, 0.2) is 0 Å². The first kappa shape index (κ1) is 14.3. The standard InChI is InChI=1S/C14H25N3O2/c1-10-5-6-15-12(8-10)14(19)16-11(2)9-17-7-3-4-13(17)18/h10-12,15H,3-9H2,1-2H3,(H,16,19). The molecule has 2 aliphatic heterocycles. The van der Waals surface area contributed by atoms with Crippen molar-refractivity contribution in [1.82, 2.24) is 15.5 Å². The van der Waals surface area contributed by atoms with Gasteiger partial charge in [0.1, 0.15) is 0 Å².